The molecule has 2 fully saturated rings. The molecular formula is C14H24N2O3. The van der Waals surface area contributed by atoms with Crippen molar-refractivity contribution in [3.05, 3.63) is 0 Å². The average molecular weight is 268 g/mol. The van der Waals surface area contributed by atoms with Crippen LogP contribution in [-0.4, -0.2) is 48.1 Å². The number of carbonyl (C=O) groups excluding carboxylic acids is 2. The van der Waals surface area contributed by atoms with Crippen molar-refractivity contribution in [1.29, 1.82) is 0 Å². The van der Waals surface area contributed by atoms with Crippen LogP contribution in [0.25, 0.3) is 0 Å². The molecule has 2 aliphatic rings. The molecule has 2 heterocycles. The molecule has 3 atom stereocenters. The average Bonchev–Trinajstić information content (AvgIpc) is 2.86. The van der Waals surface area contributed by atoms with Crippen molar-refractivity contribution in [3.63, 3.8) is 0 Å². The van der Waals surface area contributed by atoms with E-state index in [-0.39, 0.29) is 35.9 Å². The van der Waals surface area contributed by atoms with Crippen molar-refractivity contribution in [1.82, 2.24) is 10.2 Å². The van der Waals surface area contributed by atoms with Crippen LogP contribution in [0.2, 0.25) is 0 Å². The van der Waals surface area contributed by atoms with Crippen LogP contribution in [0.4, 0.5) is 0 Å². The number of ether oxygens (including phenoxy) is 1. The van der Waals surface area contributed by atoms with E-state index < -0.39 is 0 Å². The summed E-state index contributed by atoms with van der Waals surface area (Å²) in [5.74, 6) is 0.111. The van der Waals surface area contributed by atoms with Crippen molar-refractivity contribution < 1.29 is 14.3 Å². The van der Waals surface area contributed by atoms with Crippen molar-refractivity contribution in [2.75, 3.05) is 13.2 Å². The lowest BCUT2D eigenvalue weighted by Crippen LogP contribution is -2.64. The highest BCUT2D eigenvalue weighted by atomic mass is 16.5. The molecule has 19 heavy (non-hydrogen) atoms. The Hall–Kier alpha value is -1.10. The molecule has 2 aliphatic heterocycles. The number of rotatable bonds is 4. The van der Waals surface area contributed by atoms with Crippen LogP contribution in [0.1, 0.15) is 40.0 Å². The van der Waals surface area contributed by atoms with Gasteiger partial charge in [0.25, 0.3) is 0 Å². The third-order valence-corrected chi connectivity index (χ3v) is 4.08. The van der Waals surface area contributed by atoms with Gasteiger partial charge in [0.05, 0.1) is 6.10 Å². The van der Waals surface area contributed by atoms with Gasteiger partial charge < -0.3 is 15.0 Å². The normalized spacial score (nSPS) is 32.0. The molecule has 5 heteroatoms. The molecule has 0 bridgehead atoms. The van der Waals surface area contributed by atoms with Crippen LogP contribution < -0.4 is 5.32 Å². The maximum Gasteiger partial charge on any atom is 0.246 e. The van der Waals surface area contributed by atoms with Crippen molar-refractivity contribution in [2.45, 2.75) is 58.2 Å². The lowest BCUT2D eigenvalue weighted by Gasteiger charge is -2.39. The van der Waals surface area contributed by atoms with Gasteiger partial charge in [-0.05, 0) is 32.1 Å². The molecule has 5 nitrogen and oxygen atoms in total. The predicted molar refractivity (Wildman–Crippen MR) is 71.5 cm³/mol. The zero-order valence-electron chi connectivity index (χ0n) is 12.0. The Labute approximate surface area is 114 Å². The van der Waals surface area contributed by atoms with E-state index in [0.29, 0.717) is 6.54 Å². The Kier molecular flexibility index (Phi) is 4.45. The minimum absolute atomic E-state index is 0.0418. The van der Waals surface area contributed by atoms with Gasteiger partial charge in [0.15, 0.2) is 0 Å². The van der Waals surface area contributed by atoms with E-state index in [0.717, 1.165) is 25.9 Å². The predicted octanol–water partition coefficient (Wildman–Crippen LogP) is 0.927. The van der Waals surface area contributed by atoms with E-state index in [2.05, 4.69) is 5.32 Å². The highest BCUT2D eigenvalue weighted by Crippen LogP contribution is 2.19. The lowest BCUT2D eigenvalue weighted by atomic mass is 9.98. The van der Waals surface area contributed by atoms with Crippen molar-refractivity contribution in [2.24, 2.45) is 5.92 Å². The second-order valence-corrected chi connectivity index (χ2v) is 5.86. The van der Waals surface area contributed by atoms with Gasteiger partial charge in [-0.3, -0.25) is 9.59 Å². The van der Waals surface area contributed by atoms with E-state index in [1.54, 1.807) is 11.8 Å². The summed E-state index contributed by atoms with van der Waals surface area (Å²) < 4.78 is 5.58. The zero-order chi connectivity index (χ0) is 14.0. The van der Waals surface area contributed by atoms with E-state index >= 15 is 0 Å². The third-order valence-electron chi connectivity index (χ3n) is 4.08. The van der Waals surface area contributed by atoms with Crippen molar-refractivity contribution >= 4 is 11.8 Å². The molecule has 0 aromatic heterocycles. The maximum absolute atomic E-state index is 12.4. The summed E-state index contributed by atoms with van der Waals surface area (Å²) in [6, 6.07) is -0.753. The third kappa shape index (κ3) is 3.08. The summed E-state index contributed by atoms with van der Waals surface area (Å²) >= 11 is 0. The fraction of sp³-hybridized carbons (Fsp3) is 0.857. The quantitative estimate of drug-likeness (QED) is 0.825. The second kappa shape index (κ2) is 5.90. The Balaban J connectivity index is 1.98. The first-order valence-electron chi connectivity index (χ1n) is 7.23. The molecule has 2 saturated heterocycles. The molecule has 108 valence electrons. The van der Waals surface area contributed by atoms with E-state index in [4.69, 9.17) is 4.74 Å². The number of nitrogens with one attached hydrogen (secondary N) is 1. The van der Waals surface area contributed by atoms with Gasteiger partial charge >= 0.3 is 0 Å². The highest BCUT2D eigenvalue weighted by molar-refractivity contribution is 5.96. The van der Waals surface area contributed by atoms with Gasteiger partial charge in [-0.15, -0.1) is 0 Å². The standard InChI is InChI=1S/C14H24N2O3/c1-9(2)12-14(18)16(10(3)13(17)15-12)7-6-11-5-4-8-19-11/h9-12H,4-8H2,1-3H3,(H,15,17). The minimum Gasteiger partial charge on any atom is -0.378 e. The fourth-order valence-corrected chi connectivity index (χ4v) is 2.76. The Bertz CT molecular complexity index is 351. The first-order chi connectivity index (χ1) is 9.00. The summed E-state index contributed by atoms with van der Waals surface area (Å²) in [6.45, 7) is 7.14. The van der Waals surface area contributed by atoms with Crippen molar-refractivity contribution in [3.8, 4) is 0 Å². The Morgan fingerprint density at radius 3 is 2.74 bits per heavy atom. The molecule has 0 spiro atoms. The molecule has 2 rings (SSSR count). The number of hydrogen-bond donors (Lipinski definition) is 1. The van der Waals surface area contributed by atoms with Gasteiger partial charge in [-0.1, -0.05) is 13.8 Å². The molecule has 0 radical (unpaired) electrons. The molecular weight excluding hydrogens is 244 g/mol. The molecule has 0 aromatic carbocycles. The largest absolute Gasteiger partial charge is 0.378 e. The number of hydrogen-bond acceptors (Lipinski definition) is 3. The molecule has 3 unspecified atom stereocenters. The first-order valence-corrected chi connectivity index (χ1v) is 7.23. The van der Waals surface area contributed by atoms with Crippen LogP contribution in [0, 0.1) is 5.92 Å². The van der Waals surface area contributed by atoms with Crippen LogP contribution in [-0.2, 0) is 14.3 Å². The summed E-state index contributed by atoms with van der Waals surface area (Å²) in [7, 11) is 0. The van der Waals surface area contributed by atoms with E-state index in [1.165, 1.54) is 0 Å². The number of nitrogens with zero attached hydrogens (tertiary/aromatic N) is 1. The van der Waals surface area contributed by atoms with E-state index in [9.17, 15) is 9.59 Å². The molecule has 0 saturated carbocycles. The second-order valence-electron chi connectivity index (χ2n) is 5.86. The van der Waals surface area contributed by atoms with E-state index in [1.807, 2.05) is 13.8 Å². The van der Waals surface area contributed by atoms with Crippen LogP contribution in [0.5, 0.6) is 0 Å². The number of carbonyl (C=O) groups is 2. The molecule has 0 aromatic rings. The lowest BCUT2D eigenvalue weighted by molar-refractivity contribution is -0.150. The minimum atomic E-state index is -0.381. The maximum atomic E-state index is 12.4. The molecule has 2 amide bonds. The monoisotopic (exact) mass is 268 g/mol. The fourth-order valence-electron chi connectivity index (χ4n) is 2.76. The van der Waals surface area contributed by atoms with Crippen LogP contribution in [0.15, 0.2) is 0 Å². The Morgan fingerprint density at radius 2 is 2.16 bits per heavy atom. The topological polar surface area (TPSA) is 58.6 Å². The van der Waals surface area contributed by atoms with Crippen LogP contribution >= 0.6 is 0 Å². The summed E-state index contributed by atoms with van der Waals surface area (Å²) in [6.07, 6.45) is 3.25. The number of piperazine rings is 1. The molecule has 0 aliphatic carbocycles. The van der Waals surface area contributed by atoms with Gasteiger partial charge in [0.1, 0.15) is 12.1 Å². The summed E-state index contributed by atoms with van der Waals surface area (Å²) in [5.41, 5.74) is 0. The summed E-state index contributed by atoms with van der Waals surface area (Å²) in [4.78, 5) is 26.0. The van der Waals surface area contributed by atoms with Gasteiger partial charge in [-0.25, -0.2) is 0 Å². The summed E-state index contributed by atoms with van der Waals surface area (Å²) in [5, 5.41) is 2.81. The van der Waals surface area contributed by atoms with Gasteiger partial charge in [0.2, 0.25) is 11.8 Å². The smallest absolute Gasteiger partial charge is 0.246 e. The first kappa shape index (κ1) is 14.3. The van der Waals surface area contributed by atoms with Gasteiger partial charge in [0, 0.05) is 13.2 Å². The SMILES string of the molecule is CC(C)C1NC(=O)C(C)N(CCC2CCCO2)C1=O. The zero-order valence-corrected chi connectivity index (χ0v) is 12.0. The van der Waals surface area contributed by atoms with Crippen LogP contribution in [0.3, 0.4) is 0 Å². The Morgan fingerprint density at radius 1 is 1.42 bits per heavy atom. The molecule has 1 N–H and O–H groups in total. The number of amides is 2. The highest BCUT2D eigenvalue weighted by Gasteiger charge is 2.39. The van der Waals surface area contributed by atoms with Gasteiger partial charge in [-0.2, -0.15) is 0 Å².